The first-order valence-corrected chi connectivity index (χ1v) is 30.6. The van der Waals surface area contributed by atoms with E-state index in [1.54, 1.807) is 0 Å². The Kier molecular flexibility index (Phi) is 10.4. The van der Waals surface area contributed by atoms with Gasteiger partial charge in [-0.25, -0.2) is 0 Å². The average Bonchev–Trinajstić information content (AvgIpc) is 1.53. The zero-order valence-corrected chi connectivity index (χ0v) is 48.6. The van der Waals surface area contributed by atoms with Gasteiger partial charge in [0.15, 0.2) is 0 Å². The highest BCUT2D eigenvalue weighted by Gasteiger charge is 2.53. The van der Waals surface area contributed by atoms with Crippen molar-refractivity contribution in [1.82, 2.24) is 9.97 Å². The fourth-order valence-electron chi connectivity index (χ4n) is 16.3. The molecule has 4 heterocycles. The van der Waals surface area contributed by atoms with Crippen LogP contribution in [0.2, 0.25) is 0 Å². The molecule has 4 aromatic heterocycles. The van der Waals surface area contributed by atoms with Crippen molar-refractivity contribution in [3.8, 4) is 78.1 Å². The molecule has 89 heavy (non-hydrogen) atoms. The van der Waals surface area contributed by atoms with Crippen LogP contribution in [0.3, 0.4) is 0 Å². The summed E-state index contributed by atoms with van der Waals surface area (Å²) in [6, 6.07) is 95.6. The van der Waals surface area contributed by atoms with Gasteiger partial charge >= 0.3 is 0 Å². The van der Waals surface area contributed by atoms with E-state index in [2.05, 4.69) is 262 Å². The summed E-state index contributed by atoms with van der Waals surface area (Å²) < 4.78 is 13.3. The SMILES string of the molecule is C=C/C(=C\C1=C(C)c2ccc(-c3ccnc(-c4cc(-c5ccc6c(c5)C5(c7ccccc7-c7ccccc75)c5cc(-c7cccc8c7oc7ccccc78)ccc5-6)ccn4)c3)cc2C12c1ccccc1-c1ccccc12)c1cccc2c1oc1ccccc12. The first-order valence-electron chi connectivity index (χ1n) is 30.6. The quantitative estimate of drug-likeness (QED) is 0.149. The van der Waals surface area contributed by atoms with Crippen LogP contribution in [-0.2, 0) is 10.8 Å². The molecule has 19 rings (SSSR count). The minimum Gasteiger partial charge on any atom is -0.455 e. The van der Waals surface area contributed by atoms with Crippen LogP contribution in [0.5, 0.6) is 0 Å². The van der Waals surface area contributed by atoms with Crippen molar-refractivity contribution in [3.63, 3.8) is 0 Å². The number of hydrogen-bond donors (Lipinski definition) is 0. The molecule has 0 atom stereocenters. The van der Waals surface area contributed by atoms with E-state index in [0.29, 0.717) is 0 Å². The molecule has 4 heteroatoms. The maximum absolute atomic E-state index is 6.67. The van der Waals surface area contributed by atoms with E-state index in [4.69, 9.17) is 18.8 Å². The van der Waals surface area contributed by atoms with Gasteiger partial charge in [-0.1, -0.05) is 219 Å². The van der Waals surface area contributed by atoms with Crippen molar-refractivity contribution in [2.75, 3.05) is 0 Å². The van der Waals surface area contributed by atoms with E-state index in [1.165, 1.54) is 89.0 Å². The lowest BCUT2D eigenvalue weighted by Crippen LogP contribution is -2.27. The number of rotatable bonds is 7. The Labute approximate surface area is 514 Å². The molecule has 0 unspecified atom stereocenters. The van der Waals surface area contributed by atoms with Crippen LogP contribution in [0.4, 0.5) is 0 Å². The molecule has 414 valence electrons. The molecular weight excluding hydrogens is 1080 g/mol. The maximum atomic E-state index is 6.67. The summed E-state index contributed by atoms with van der Waals surface area (Å²) in [5, 5.41) is 4.45. The monoisotopic (exact) mass is 1130 g/mol. The van der Waals surface area contributed by atoms with Crippen LogP contribution < -0.4 is 0 Å². The Morgan fingerprint density at radius 2 is 0.753 bits per heavy atom. The van der Waals surface area contributed by atoms with Gasteiger partial charge in [0.2, 0.25) is 0 Å². The number of pyridine rings is 2. The molecule has 11 aromatic carbocycles. The zero-order chi connectivity index (χ0) is 58.7. The topological polar surface area (TPSA) is 52.1 Å². The van der Waals surface area contributed by atoms with Gasteiger partial charge in [-0.15, -0.1) is 0 Å². The summed E-state index contributed by atoms with van der Waals surface area (Å²) in [5.74, 6) is 0. The van der Waals surface area contributed by atoms with Gasteiger partial charge in [-0.05, 0) is 190 Å². The number of furan rings is 2. The third kappa shape index (κ3) is 6.72. The van der Waals surface area contributed by atoms with Crippen LogP contribution in [-0.4, -0.2) is 9.97 Å². The number of benzene rings is 11. The summed E-state index contributed by atoms with van der Waals surface area (Å²) in [5.41, 5.74) is 32.7. The number of allylic oxidation sites excluding steroid dienone is 5. The minimum atomic E-state index is -0.616. The second kappa shape index (κ2) is 18.5. The Balaban J connectivity index is 0.726. The second-order valence-corrected chi connectivity index (χ2v) is 24.2. The van der Waals surface area contributed by atoms with Crippen molar-refractivity contribution in [2.24, 2.45) is 0 Å². The van der Waals surface area contributed by atoms with Gasteiger partial charge in [0.05, 0.1) is 22.2 Å². The van der Waals surface area contributed by atoms with Crippen molar-refractivity contribution >= 4 is 55.0 Å². The van der Waals surface area contributed by atoms with Crippen molar-refractivity contribution in [1.29, 1.82) is 0 Å². The highest BCUT2D eigenvalue weighted by Crippen LogP contribution is 2.65. The lowest BCUT2D eigenvalue weighted by molar-refractivity contribution is 0.667. The van der Waals surface area contributed by atoms with Gasteiger partial charge in [0.25, 0.3) is 0 Å². The first kappa shape index (κ1) is 49.8. The maximum Gasteiger partial charge on any atom is 0.143 e. The van der Waals surface area contributed by atoms with E-state index < -0.39 is 10.8 Å². The fraction of sp³-hybridized carbons (Fsp3) is 0.0353. The molecule has 0 fully saturated rings. The molecule has 4 aliphatic rings. The molecule has 0 bridgehead atoms. The summed E-state index contributed by atoms with van der Waals surface area (Å²) in [6.45, 7) is 6.75. The lowest BCUT2D eigenvalue weighted by Gasteiger charge is -2.32. The molecule has 0 saturated heterocycles. The van der Waals surface area contributed by atoms with Crippen LogP contribution in [0.1, 0.15) is 57.0 Å². The normalized spacial score (nSPS) is 14.4. The predicted octanol–water partition coefficient (Wildman–Crippen LogP) is 21.7. The Morgan fingerprint density at radius 3 is 1.31 bits per heavy atom. The molecule has 2 spiro atoms. The Hall–Kier alpha value is -11.5. The van der Waals surface area contributed by atoms with Gasteiger partial charge in [0.1, 0.15) is 22.3 Å². The molecule has 4 nitrogen and oxygen atoms in total. The summed E-state index contributed by atoms with van der Waals surface area (Å²) in [6.07, 6.45) is 8.25. The number of nitrogens with zero attached hydrogens (tertiary/aromatic N) is 2. The largest absolute Gasteiger partial charge is 0.455 e. The smallest absolute Gasteiger partial charge is 0.143 e. The van der Waals surface area contributed by atoms with Crippen LogP contribution in [0.15, 0.2) is 306 Å². The van der Waals surface area contributed by atoms with Crippen LogP contribution in [0, 0.1) is 0 Å². The van der Waals surface area contributed by atoms with Crippen LogP contribution in [0.25, 0.3) is 133 Å². The standard InChI is InChI=1S/C85H52N2O2/c1-3-51(58-24-16-26-68-66-22-8-14-32-80(66)88-82(58)68)44-74-50(2)57-37-34-52(45-75(57)84(74)70-28-10-4-18-60(70)61-19-5-11-29-71(61)84)54-40-42-86-78(48-54)79-49-55(41-43-87-79)53-35-38-64-65-39-36-56(59-25-17-27-69-67-23-9-15-33-81(67)89-83(59)69)47-77(65)85(76(64)46-53)72-30-12-6-20-62(72)63-21-7-13-31-73(63)85/h3-49H,1H2,2H3/b51-44+. The van der Waals surface area contributed by atoms with Crippen molar-refractivity contribution in [3.05, 3.63) is 348 Å². The Morgan fingerprint density at radius 1 is 0.348 bits per heavy atom. The summed E-state index contributed by atoms with van der Waals surface area (Å²) >= 11 is 0. The molecule has 0 N–H and O–H groups in total. The highest BCUT2D eigenvalue weighted by atomic mass is 16.3. The third-order valence-electron chi connectivity index (χ3n) is 20.1. The second-order valence-electron chi connectivity index (χ2n) is 24.2. The van der Waals surface area contributed by atoms with Gasteiger partial charge < -0.3 is 8.83 Å². The average molecular weight is 1130 g/mol. The number of para-hydroxylation sites is 4. The van der Waals surface area contributed by atoms with E-state index >= 15 is 0 Å². The number of hydrogen-bond acceptors (Lipinski definition) is 4. The van der Waals surface area contributed by atoms with Gasteiger partial charge in [0, 0.05) is 45.1 Å². The first-order chi connectivity index (χ1) is 44.0. The van der Waals surface area contributed by atoms with Crippen molar-refractivity contribution in [2.45, 2.75) is 17.8 Å². The molecule has 0 radical (unpaired) electrons. The molecule has 0 saturated carbocycles. The van der Waals surface area contributed by atoms with Crippen molar-refractivity contribution < 1.29 is 8.83 Å². The van der Waals surface area contributed by atoms with E-state index in [-0.39, 0.29) is 0 Å². The van der Waals surface area contributed by atoms with E-state index in [0.717, 1.165) is 99.8 Å². The minimum absolute atomic E-state index is 0.572. The third-order valence-corrected chi connectivity index (χ3v) is 20.1. The molecular formula is C85H52N2O2. The fourth-order valence-corrected chi connectivity index (χ4v) is 16.3. The molecule has 0 aliphatic heterocycles. The Bertz CT molecular complexity index is 5590. The molecule has 4 aliphatic carbocycles. The van der Waals surface area contributed by atoms with Crippen LogP contribution >= 0.6 is 0 Å². The number of aromatic nitrogens is 2. The van der Waals surface area contributed by atoms with Gasteiger partial charge in [-0.2, -0.15) is 0 Å². The predicted molar refractivity (Wildman–Crippen MR) is 364 cm³/mol. The molecule has 0 amide bonds. The lowest BCUT2D eigenvalue weighted by atomic mass is 9.68. The zero-order valence-electron chi connectivity index (χ0n) is 48.6. The van der Waals surface area contributed by atoms with Gasteiger partial charge in [-0.3, -0.25) is 9.97 Å². The highest BCUT2D eigenvalue weighted by molar-refractivity contribution is 6.11. The molecule has 15 aromatic rings. The number of fused-ring (bicyclic) bond motifs is 23. The summed E-state index contributed by atoms with van der Waals surface area (Å²) in [7, 11) is 0. The van der Waals surface area contributed by atoms with E-state index in [9.17, 15) is 0 Å². The summed E-state index contributed by atoms with van der Waals surface area (Å²) in [4.78, 5) is 10.1. The van der Waals surface area contributed by atoms with E-state index in [1.807, 2.05) is 36.7 Å².